The molecule has 2 aliphatic rings. The lowest BCUT2D eigenvalue weighted by Gasteiger charge is -2.40. The van der Waals surface area contributed by atoms with Crippen molar-refractivity contribution in [1.29, 1.82) is 0 Å². The summed E-state index contributed by atoms with van der Waals surface area (Å²) < 4.78 is 5.09. The Bertz CT molecular complexity index is 604. The van der Waals surface area contributed by atoms with Gasteiger partial charge in [-0.3, -0.25) is 19.3 Å². The number of ether oxygens (including phenoxy) is 1. The van der Waals surface area contributed by atoms with Crippen molar-refractivity contribution in [2.75, 3.05) is 26.7 Å². The third-order valence-electron chi connectivity index (χ3n) is 4.42. The number of hydrogen-bond donors (Lipinski definition) is 0. The highest BCUT2D eigenvalue weighted by molar-refractivity contribution is 6.01. The minimum Gasteiger partial charge on any atom is -0.497 e. The molecule has 0 atom stereocenters. The molecule has 0 radical (unpaired) electrons. The minimum absolute atomic E-state index is 0.0745. The van der Waals surface area contributed by atoms with Crippen LogP contribution in [0.5, 0.6) is 5.75 Å². The van der Waals surface area contributed by atoms with Gasteiger partial charge in [-0.05, 0) is 17.7 Å². The molecule has 122 valence electrons. The fourth-order valence-electron chi connectivity index (χ4n) is 3.00. The van der Waals surface area contributed by atoms with E-state index in [9.17, 15) is 14.4 Å². The highest BCUT2D eigenvalue weighted by Gasteiger charge is 2.36. The summed E-state index contributed by atoms with van der Waals surface area (Å²) in [5.41, 5.74) is 0.948. The van der Waals surface area contributed by atoms with E-state index in [1.807, 2.05) is 24.3 Å². The zero-order valence-corrected chi connectivity index (χ0v) is 13.2. The molecule has 1 aromatic carbocycles. The van der Waals surface area contributed by atoms with Crippen LogP contribution in [-0.2, 0) is 20.8 Å². The molecule has 3 amide bonds. The van der Waals surface area contributed by atoms with Gasteiger partial charge in [0, 0.05) is 38.4 Å². The maximum atomic E-state index is 12.2. The summed E-state index contributed by atoms with van der Waals surface area (Å²) in [5.74, 6) is 0.882. The second-order valence-corrected chi connectivity index (χ2v) is 6.09. The van der Waals surface area contributed by atoms with Crippen molar-refractivity contribution >= 4 is 17.7 Å². The number of likely N-dealkylation sites (tertiary alicyclic amines) is 2. The Hall–Kier alpha value is -2.37. The van der Waals surface area contributed by atoms with E-state index in [1.165, 1.54) is 4.90 Å². The van der Waals surface area contributed by atoms with Gasteiger partial charge in [-0.2, -0.15) is 0 Å². The van der Waals surface area contributed by atoms with Gasteiger partial charge in [0.15, 0.2) is 0 Å². The molecule has 0 unspecified atom stereocenters. The van der Waals surface area contributed by atoms with E-state index in [1.54, 1.807) is 12.0 Å². The number of benzene rings is 1. The smallest absolute Gasteiger partial charge is 0.229 e. The fraction of sp³-hybridized carbons (Fsp3) is 0.471. The Morgan fingerprint density at radius 3 is 2.30 bits per heavy atom. The van der Waals surface area contributed by atoms with Crippen molar-refractivity contribution in [3.05, 3.63) is 29.8 Å². The van der Waals surface area contributed by atoms with E-state index >= 15 is 0 Å². The first-order valence-corrected chi connectivity index (χ1v) is 7.80. The van der Waals surface area contributed by atoms with Crippen molar-refractivity contribution in [1.82, 2.24) is 9.80 Å². The van der Waals surface area contributed by atoms with Crippen LogP contribution >= 0.6 is 0 Å². The quantitative estimate of drug-likeness (QED) is 0.755. The number of carbonyl (C=O) groups is 3. The van der Waals surface area contributed by atoms with E-state index in [4.69, 9.17) is 4.74 Å². The zero-order chi connectivity index (χ0) is 16.4. The summed E-state index contributed by atoms with van der Waals surface area (Å²) >= 11 is 0. The highest BCUT2D eigenvalue weighted by Crippen LogP contribution is 2.22. The summed E-state index contributed by atoms with van der Waals surface area (Å²) in [6.45, 7) is 1.68. The molecule has 2 heterocycles. The highest BCUT2D eigenvalue weighted by atomic mass is 16.5. The Morgan fingerprint density at radius 2 is 1.74 bits per heavy atom. The first kappa shape index (κ1) is 15.5. The molecule has 2 saturated heterocycles. The first-order valence-electron chi connectivity index (χ1n) is 7.80. The molecule has 0 N–H and O–H groups in total. The van der Waals surface area contributed by atoms with Gasteiger partial charge in [0.05, 0.1) is 13.5 Å². The summed E-state index contributed by atoms with van der Waals surface area (Å²) in [6.07, 6.45) is 1.01. The normalized spacial score (nSPS) is 18.3. The Balaban J connectivity index is 1.46. The summed E-state index contributed by atoms with van der Waals surface area (Å²) in [4.78, 5) is 38.5. The van der Waals surface area contributed by atoms with Gasteiger partial charge >= 0.3 is 0 Å². The minimum atomic E-state index is -0.0852. The molecule has 6 heteroatoms. The Kier molecular flexibility index (Phi) is 4.32. The van der Waals surface area contributed by atoms with E-state index < -0.39 is 0 Å². The average Bonchev–Trinajstić information content (AvgIpc) is 2.82. The predicted octanol–water partition coefficient (Wildman–Crippen LogP) is 0.845. The fourth-order valence-corrected chi connectivity index (χ4v) is 3.00. The van der Waals surface area contributed by atoms with Crippen LogP contribution in [0.25, 0.3) is 0 Å². The molecular weight excluding hydrogens is 296 g/mol. The van der Waals surface area contributed by atoms with E-state index in [-0.39, 0.29) is 23.6 Å². The van der Waals surface area contributed by atoms with Gasteiger partial charge in [-0.15, -0.1) is 0 Å². The van der Waals surface area contributed by atoms with Gasteiger partial charge in [0.1, 0.15) is 5.75 Å². The maximum absolute atomic E-state index is 12.2. The molecule has 0 saturated carbocycles. The lowest BCUT2D eigenvalue weighted by Crippen LogP contribution is -2.54. The van der Waals surface area contributed by atoms with E-state index in [0.717, 1.165) is 11.3 Å². The van der Waals surface area contributed by atoms with Crippen LogP contribution in [0, 0.1) is 5.92 Å². The van der Waals surface area contributed by atoms with Gasteiger partial charge in [-0.25, -0.2) is 0 Å². The van der Waals surface area contributed by atoms with Crippen LogP contribution < -0.4 is 4.74 Å². The van der Waals surface area contributed by atoms with Gasteiger partial charge < -0.3 is 9.64 Å². The Labute approximate surface area is 135 Å². The second-order valence-electron chi connectivity index (χ2n) is 6.09. The second kappa shape index (κ2) is 6.40. The molecule has 2 aliphatic heterocycles. The predicted molar refractivity (Wildman–Crippen MR) is 82.7 cm³/mol. The molecule has 3 rings (SSSR count). The molecule has 0 aliphatic carbocycles. The monoisotopic (exact) mass is 316 g/mol. The third kappa shape index (κ3) is 3.36. The standard InChI is InChI=1S/C17H20N2O4/c1-23-14-4-2-12(3-5-14)8-17(22)18-9-13(10-18)11-19-15(20)6-7-16(19)21/h2-5,13H,6-11H2,1H3. The zero-order valence-electron chi connectivity index (χ0n) is 13.2. The average molecular weight is 316 g/mol. The lowest BCUT2D eigenvalue weighted by molar-refractivity contribution is -0.142. The molecule has 1 aromatic rings. The van der Waals surface area contributed by atoms with Crippen LogP contribution in [-0.4, -0.2) is 54.3 Å². The van der Waals surface area contributed by atoms with Crippen LogP contribution in [0.4, 0.5) is 0 Å². The summed E-state index contributed by atoms with van der Waals surface area (Å²) in [6, 6.07) is 7.45. The summed E-state index contributed by atoms with van der Waals surface area (Å²) in [7, 11) is 1.61. The third-order valence-corrected chi connectivity index (χ3v) is 4.42. The SMILES string of the molecule is COc1ccc(CC(=O)N2CC(CN3C(=O)CCC3=O)C2)cc1. The van der Waals surface area contributed by atoms with E-state index in [0.29, 0.717) is 38.9 Å². The number of rotatable bonds is 5. The van der Waals surface area contributed by atoms with Crippen molar-refractivity contribution < 1.29 is 19.1 Å². The number of imide groups is 1. The van der Waals surface area contributed by atoms with Crippen LogP contribution in [0.15, 0.2) is 24.3 Å². The molecule has 2 fully saturated rings. The molecule has 23 heavy (non-hydrogen) atoms. The van der Waals surface area contributed by atoms with Crippen LogP contribution in [0.3, 0.4) is 0 Å². The number of amides is 3. The van der Waals surface area contributed by atoms with E-state index in [2.05, 4.69) is 0 Å². The topological polar surface area (TPSA) is 66.9 Å². The number of nitrogens with zero attached hydrogens (tertiary/aromatic N) is 2. The lowest BCUT2D eigenvalue weighted by atomic mass is 9.98. The largest absolute Gasteiger partial charge is 0.497 e. The molecule has 0 spiro atoms. The van der Waals surface area contributed by atoms with Crippen LogP contribution in [0.1, 0.15) is 18.4 Å². The van der Waals surface area contributed by atoms with Crippen molar-refractivity contribution in [2.24, 2.45) is 5.92 Å². The summed E-state index contributed by atoms with van der Waals surface area (Å²) in [5, 5.41) is 0. The van der Waals surface area contributed by atoms with Crippen molar-refractivity contribution in [3.8, 4) is 5.75 Å². The molecular formula is C17H20N2O4. The van der Waals surface area contributed by atoms with Gasteiger partial charge in [0.25, 0.3) is 0 Å². The van der Waals surface area contributed by atoms with Crippen LogP contribution in [0.2, 0.25) is 0 Å². The van der Waals surface area contributed by atoms with Crippen molar-refractivity contribution in [2.45, 2.75) is 19.3 Å². The molecule has 6 nitrogen and oxygen atoms in total. The van der Waals surface area contributed by atoms with Gasteiger partial charge in [0.2, 0.25) is 17.7 Å². The number of methoxy groups -OCH3 is 1. The number of hydrogen-bond acceptors (Lipinski definition) is 4. The first-order chi connectivity index (χ1) is 11.1. The number of carbonyl (C=O) groups excluding carboxylic acids is 3. The maximum Gasteiger partial charge on any atom is 0.229 e. The molecule has 0 aromatic heterocycles. The Morgan fingerprint density at radius 1 is 1.13 bits per heavy atom. The van der Waals surface area contributed by atoms with Gasteiger partial charge in [-0.1, -0.05) is 12.1 Å². The van der Waals surface area contributed by atoms with Crippen molar-refractivity contribution in [3.63, 3.8) is 0 Å². The molecule has 0 bridgehead atoms.